The van der Waals surface area contributed by atoms with E-state index in [2.05, 4.69) is 69.0 Å². The highest BCUT2D eigenvalue weighted by molar-refractivity contribution is 6.01. The number of morpholine rings is 1. The van der Waals surface area contributed by atoms with Crippen molar-refractivity contribution in [2.24, 2.45) is 0 Å². The van der Waals surface area contributed by atoms with Crippen LogP contribution in [0.3, 0.4) is 0 Å². The van der Waals surface area contributed by atoms with Crippen LogP contribution in [0.25, 0.3) is 84.3 Å². The highest BCUT2D eigenvalue weighted by atomic mass is 19.1. The molecule has 0 spiro atoms. The molecular weight excluding hydrogens is 1310 g/mol. The first kappa shape index (κ1) is 65.2. The van der Waals surface area contributed by atoms with Crippen molar-refractivity contribution < 1.29 is 37.1 Å². The minimum absolute atomic E-state index is 0.0229. The van der Waals surface area contributed by atoms with Crippen LogP contribution in [0.4, 0.5) is 37.6 Å². The topological polar surface area (TPSA) is 254 Å². The van der Waals surface area contributed by atoms with Gasteiger partial charge in [0.15, 0.2) is 40.0 Å². The summed E-state index contributed by atoms with van der Waals surface area (Å²) in [6.07, 6.45) is 10.5. The van der Waals surface area contributed by atoms with Gasteiger partial charge in [0, 0.05) is 162 Å². The van der Waals surface area contributed by atoms with Gasteiger partial charge in [-0.05, 0) is 109 Å². The number of rotatable bonds is 10. The van der Waals surface area contributed by atoms with Gasteiger partial charge in [0.1, 0.15) is 11.6 Å². The lowest BCUT2D eigenvalue weighted by Gasteiger charge is -2.35. The number of carbonyl (C=O) groups is 4. The predicted octanol–water partition coefficient (Wildman–Crippen LogP) is 10.3. The number of halogens is 2. The fraction of sp³-hybridized carbons (Fsp3) is 0.234. The van der Waals surface area contributed by atoms with Crippen molar-refractivity contribution in [3.8, 4) is 56.3 Å². The molecule has 0 unspecified atom stereocenters. The molecule has 0 aliphatic carbocycles. The zero-order chi connectivity index (χ0) is 70.6. The molecule has 3 saturated heterocycles. The Morgan fingerprint density at radius 2 is 0.990 bits per heavy atom. The zero-order valence-electron chi connectivity index (χ0n) is 56.6. The van der Waals surface area contributed by atoms with Crippen LogP contribution in [0, 0.1) is 18.6 Å². The van der Waals surface area contributed by atoms with Crippen molar-refractivity contribution in [1.82, 2.24) is 57.9 Å². The third kappa shape index (κ3) is 12.8. The van der Waals surface area contributed by atoms with E-state index in [1.54, 1.807) is 62.6 Å². The number of nitrogens with one attached hydrogen (secondary N) is 3. The van der Waals surface area contributed by atoms with Crippen LogP contribution in [-0.2, 0) is 43.2 Å². The molecule has 0 saturated carbocycles. The lowest BCUT2D eigenvalue weighted by atomic mass is 10.0. The van der Waals surface area contributed by atoms with Crippen LogP contribution < -0.4 is 31.1 Å². The maximum atomic E-state index is 13.7. The molecule has 0 bridgehead atoms. The van der Waals surface area contributed by atoms with E-state index in [0.29, 0.717) is 119 Å². The number of piperazine rings is 2. The number of aromatic amines is 1. The predicted molar refractivity (Wildman–Crippen MR) is 387 cm³/mol. The van der Waals surface area contributed by atoms with Gasteiger partial charge in [0.25, 0.3) is 0 Å². The molecule has 0 radical (unpaired) electrons. The molecule has 0 atom stereocenters. The van der Waals surface area contributed by atoms with Gasteiger partial charge in [-0.15, -0.1) is 0 Å². The zero-order valence-corrected chi connectivity index (χ0v) is 56.6. The first-order chi connectivity index (χ1) is 50.1. The smallest absolute Gasteiger partial charge is 0.408 e. The molecule has 5 aliphatic heterocycles. The van der Waals surface area contributed by atoms with Crippen molar-refractivity contribution in [2.75, 3.05) is 104 Å². The fourth-order valence-electron chi connectivity index (χ4n) is 14.3. The molecular formula is C77H69F2N17O7. The molecule has 24 nitrogen and oxygen atoms in total. The highest BCUT2D eigenvalue weighted by Crippen LogP contribution is 2.41. The van der Waals surface area contributed by atoms with E-state index in [-0.39, 0.29) is 35.3 Å². The standard InChI is InChI=1S/C28H28N6O2.C26H23FN6O2.C23H18FN5O3/c1-18-17-29-27(33-12-10-32(11-13-33)19(2)35)28-31-24(14-20-6-4-3-5-7-20)26(34(18)28)21-8-9-23-22(15-21)16-25(36)30-23;1-16(34)31-10-12-32(13-11-31)25-26-30-23(17-2-5-20(27)6-3-17)24(33(26)9-8-28-25)18-4-7-21-19(14-18)15-22(35)29-21;24-16-4-1-14(2-5-16)19-20(15-3-6-17-18(13-15)32-23(30)26-17)29-8-7-25-21(22(29)27-19)28-9-11-31-12-10-28/h3-9,15,17H,10-14,16H2,1-2H3,(H,30,36);2-9,14H,10-13,15H2,1H3,(H,29,35);1-8,13H,9-12H2,(H,26,30). The van der Waals surface area contributed by atoms with Crippen LogP contribution in [0.5, 0.6) is 0 Å². The number of anilines is 5. The summed E-state index contributed by atoms with van der Waals surface area (Å²) in [6.45, 7) is 13.3. The molecule has 12 heterocycles. The molecule has 18 rings (SSSR count). The summed E-state index contributed by atoms with van der Waals surface area (Å²) in [5.74, 6) is 1.38. The summed E-state index contributed by atoms with van der Waals surface area (Å²) in [5.41, 5.74) is 18.4. The maximum Gasteiger partial charge on any atom is 0.417 e. The number of hydrogen-bond donors (Lipinski definition) is 3. The molecule has 518 valence electrons. The number of carbonyl (C=O) groups excluding carboxylic acids is 4. The van der Waals surface area contributed by atoms with Gasteiger partial charge < -0.3 is 44.3 Å². The van der Waals surface area contributed by atoms with E-state index in [0.717, 1.165) is 115 Å². The van der Waals surface area contributed by atoms with E-state index in [1.165, 1.54) is 29.8 Å². The number of aryl methyl sites for hydroxylation is 1. The van der Waals surface area contributed by atoms with Crippen molar-refractivity contribution in [1.29, 1.82) is 0 Å². The lowest BCUT2D eigenvalue weighted by Crippen LogP contribution is -2.48. The Bertz CT molecular complexity index is 5530. The normalized spacial score (nSPS) is 15.1. The van der Waals surface area contributed by atoms with Crippen LogP contribution in [0.15, 0.2) is 174 Å². The van der Waals surface area contributed by atoms with Crippen molar-refractivity contribution >= 4 is 80.5 Å². The average Bonchev–Trinajstić information content (AvgIpc) is 1.62. The summed E-state index contributed by atoms with van der Waals surface area (Å²) in [7, 11) is 0. The number of benzene rings is 6. The van der Waals surface area contributed by atoms with E-state index in [9.17, 15) is 32.8 Å². The summed E-state index contributed by atoms with van der Waals surface area (Å²) in [5, 5.41) is 5.81. The van der Waals surface area contributed by atoms with Crippen LogP contribution >= 0.6 is 0 Å². The van der Waals surface area contributed by atoms with Gasteiger partial charge in [-0.2, -0.15) is 0 Å². The van der Waals surface area contributed by atoms with Crippen molar-refractivity contribution in [3.05, 3.63) is 215 Å². The summed E-state index contributed by atoms with van der Waals surface area (Å²) in [4.78, 5) is 101. The molecule has 6 aromatic carbocycles. The Kier molecular flexibility index (Phi) is 17.2. The van der Waals surface area contributed by atoms with Crippen molar-refractivity contribution in [2.45, 2.75) is 40.0 Å². The number of hydrogen-bond acceptors (Lipinski definition) is 16. The molecule has 103 heavy (non-hydrogen) atoms. The monoisotopic (exact) mass is 1380 g/mol. The lowest BCUT2D eigenvalue weighted by molar-refractivity contribution is -0.129. The number of oxazole rings is 1. The molecule has 7 aromatic heterocycles. The van der Waals surface area contributed by atoms with Crippen LogP contribution in [0.1, 0.15) is 41.9 Å². The second-order valence-corrected chi connectivity index (χ2v) is 26.0. The maximum absolute atomic E-state index is 13.7. The van der Waals surface area contributed by atoms with Crippen LogP contribution in [-0.4, -0.2) is 160 Å². The van der Waals surface area contributed by atoms with E-state index in [1.807, 2.05) is 92.6 Å². The second-order valence-electron chi connectivity index (χ2n) is 26.0. The number of amides is 4. The summed E-state index contributed by atoms with van der Waals surface area (Å²) in [6, 6.07) is 40.4. The molecule has 13 aromatic rings. The minimum atomic E-state index is -0.507. The Hall–Kier alpha value is -12.5. The van der Waals surface area contributed by atoms with Gasteiger partial charge in [0.2, 0.25) is 23.6 Å². The van der Waals surface area contributed by atoms with Gasteiger partial charge in [-0.3, -0.25) is 37.4 Å². The Morgan fingerprint density at radius 3 is 1.51 bits per heavy atom. The minimum Gasteiger partial charge on any atom is -0.408 e. The highest BCUT2D eigenvalue weighted by Gasteiger charge is 2.31. The fourth-order valence-corrected chi connectivity index (χ4v) is 14.3. The molecule has 4 amide bonds. The first-order valence-corrected chi connectivity index (χ1v) is 34.1. The van der Waals surface area contributed by atoms with Gasteiger partial charge in [-0.1, -0.05) is 48.5 Å². The molecule has 3 N–H and O–H groups in total. The number of aromatic nitrogens is 10. The number of imidazole rings is 3. The Morgan fingerprint density at radius 1 is 0.515 bits per heavy atom. The van der Waals surface area contributed by atoms with E-state index in [4.69, 9.17) is 29.1 Å². The van der Waals surface area contributed by atoms with Gasteiger partial charge in [0.05, 0.1) is 65.7 Å². The SMILES string of the molecule is CC(=O)N1CCN(c2ncc(C)n3c(-c4ccc5c(c4)CC(=O)N5)c(Cc4ccccc4)nc23)CC1.CC(=O)N1CCN(c2nccn3c(-c4ccc5c(c4)CC(=O)N5)c(-c4ccc(F)cc4)nc23)CC1.O=c1[nH]c2ccc(-c3c(-c4ccc(F)cc4)nc4c(N5CCOCC5)nccn34)cc2o1. The van der Waals surface area contributed by atoms with Crippen molar-refractivity contribution in [3.63, 3.8) is 0 Å². The first-order valence-electron chi connectivity index (χ1n) is 34.1. The molecule has 3 fully saturated rings. The number of nitrogens with zero attached hydrogens (tertiary/aromatic N) is 14. The summed E-state index contributed by atoms with van der Waals surface area (Å²) >= 11 is 0. The van der Waals surface area contributed by atoms with E-state index < -0.39 is 5.76 Å². The number of ether oxygens (including phenoxy) is 1. The average molecular weight is 1380 g/mol. The van der Waals surface area contributed by atoms with Crippen LogP contribution in [0.2, 0.25) is 0 Å². The third-order valence-electron chi connectivity index (χ3n) is 19.4. The molecule has 5 aliphatic rings. The number of fused-ring (bicyclic) bond motifs is 6. The quantitative estimate of drug-likeness (QED) is 0.115. The molecule has 26 heteroatoms. The largest absolute Gasteiger partial charge is 0.417 e. The van der Waals surface area contributed by atoms with E-state index >= 15 is 0 Å². The Balaban J connectivity index is 0.000000119. The third-order valence-corrected chi connectivity index (χ3v) is 19.4. The second kappa shape index (κ2) is 27.2. The number of H-pyrrole nitrogens is 1. The summed E-state index contributed by atoms with van der Waals surface area (Å²) < 4.78 is 44.3. The Labute approximate surface area is 587 Å². The van der Waals surface area contributed by atoms with Gasteiger partial charge in [-0.25, -0.2) is 43.5 Å². The van der Waals surface area contributed by atoms with Gasteiger partial charge >= 0.3 is 5.76 Å².